The molecule has 2 aromatic rings. The highest BCUT2D eigenvalue weighted by Crippen LogP contribution is 2.41. The third kappa shape index (κ3) is 2.38. The first-order valence-electron chi connectivity index (χ1n) is 6.36. The summed E-state index contributed by atoms with van der Waals surface area (Å²) in [5.74, 6) is -0.0888. The Hall–Kier alpha value is -1.38. The summed E-state index contributed by atoms with van der Waals surface area (Å²) in [7, 11) is 0. The summed E-state index contributed by atoms with van der Waals surface area (Å²) in [5.41, 5.74) is 2.88. The maximum Gasteiger partial charge on any atom is 0.129 e. The third-order valence-electron chi connectivity index (χ3n) is 3.79. The highest BCUT2D eigenvalue weighted by atomic mass is 35.5. The van der Waals surface area contributed by atoms with Crippen LogP contribution in [-0.2, 0) is 6.42 Å². The van der Waals surface area contributed by atoms with Crippen LogP contribution in [0.25, 0.3) is 0 Å². The first-order valence-corrected chi connectivity index (χ1v) is 6.74. The molecule has 0 bridgehead atoms. The summed E-state index contributed by atoms with van der Waals surface area (Å²) in [5, 5.41) is 10.6. The molecule has 19 heavy (non-hydrogen) atoms. The minimum Gasteiger partial charge on any atom is -0.388 e. The molecular weight excluding hydrogens is 263 g/mol. The Balaban J connectivity index is 1.76. The van der Waals surface area contributed by atoms with Crippen molar-refractivity contribution in [3.63, 3.8) is 0 Å². The van der Waals surface area contributed by atoms with E-state index >= 15 is 0 Å². The number of fused-ring (bicyclic) bond motifs is 1. The number of rotatable bonds is 3. The van der Waals surface area contributed by atoms with Crippen molar-refractivity contribution >= 4 is 11.6 Å². The van der Waals surface area contributed by atoms with Gasteiger partial charge in [0.1, 0.15) is 5.82 Å². The van der Waals surface area contributed by atoms with Gasteiger partial charge in [0.15, 0.2) is 0 Å². The van der Waals surface area contributed by atoms with Gasteiger partial charge < -0.3 is 5.11 Å². The SMILES string of the molecule is OC(CC1Cc2ccccc21)c1cc(Cl)ccc1F. The lowest BCUT2D eigenvalue weighted by molar-refractivity contribution is 0.149. The molecule has 2 unspecified atom stereocenters. The van der Waals surface area contributed by atoms with Gasteiger partial charge in [0.05, 0.1) is 6.10 Å². The number of halogens is 2. The Morgan fingerprint density at radius 2 is 2.05 bits per heavy atom. The van der Waals surface area contributed by atoms with E-state index in [1.165, 1.54) is 29.3 Å². The summed E-state index contributed by atoms with van der Waals surface area (Å²) < 4.78 is 13.7. The number of hydrogen-bond donors (Lipinski definition) is 1. The standard InChI is InChI=1S/C16H14ClFO/c17-12-5-6-15(18)14(9-12)16(19)8-11-7-10-3-1-2-4-13(10)11/h1-6,9,11,16,19H,7-8H2. The highest BCUT2D eigenvalue weighted by molar-refractivity contribution is 6.30. The summed E-state index contributed by atoms with van der Waals surface area (Å²) in [6, 6.07) is 12.5. The van der Waals surface area contributed by atoms with E-state index in [4.69, 9.17) is 11.6 Å². The molecular formula is C16H14ClFO. The van der Waals surface area contributed by atoms with Crippen LogP contribution in [0.15, 0.2) is 42.5 Å². The van der Waals surface area contributed by atoms with Crippen molar-refractivity contribution < 1.29 is 9.50 Å². The topological polar surface area (TPSA) is 20.2 Å². The molecule has 3 rings (SSSR count). The zero-order chi connectivity index (χ0) is 13.4. The molecule has 0 amide bonds. The minimum atomic E-state index is -0.808. The van der Waals surface area contributed by atoms with Crippen LogP contribution in [0.5, 0.6) is 0 Å². The van der Waals surface area contributed by atoms with Crippen molar-refractivity contribution in [2.24, 2.45) is 0 Å². The predicted molar refractivity (Wildman–Crippen MR) is 73.9 cm³/mol. The summed E-state index contributed by atoms with van der Waals surface area (Å²) in [6.45, 7) is 0. The maximum absolute atomic E-state index is 13.7. The molecule has 98 valence electrons. The monoisotopic (exact) mass is 276 g/mol. The fourth-order valence-electron chi connectivity index (χ4n) is 2.74. The maximum atomic E-state index is 13.7. The molecule has 0 saturated carbocycles. The second-order valence-electron chi connectivity index (χ2n) is 5.02. The molecule has 1 N–H and O–H groups in total. The third-order valence-corrected chi connectivity index (χ3v) is 4.02. The van der Waals surface area contributed by atoms with Gasteiger partial charge in [-0.3, -0.25) is 0 Å². The lowest BCUT2D eigenvalue weighted by Crippen LogP contribution is -2.19. The van der Waals surface area contributed by atoms with E-state index in [0.717, 1.165) is 6.42 Å². The van der Waals surface area contributed by atoms with Crippen LogP contribution in [0.3, 0.4) is 0 Å². The molecule has 1 aliphatic rings. The van der Waals surface area contributed by atoms with Crippen molar-refractivity contribution in [1.29, 1.82) is 0 Å². The van der Waals surface area contributed by atoms with Crippen molar-refractivity contribution in [3.05, 3.63) is 70.0 Å². The zero-order valence-electron chi connectivity index (χ0n) is 10.3. The number of aliphatic hydroxyl groups excluding tert-OH is 1. The second kappa shape index (κ2) is 4.95. The van der Waals surface area contributed by atoms with Crippen LogP contribution >= 0.6 is 11.6 Å². The van der Waals surface area contributed by atoms with Gasteiger partial charge in [-0.2, -0.15) is 0 Å². The summed E-state index contributed by atoms with van der Waals surface area (Å²) >= 11 is 5.85. The van der Waals surface area contributed by atoms with Crippen LogP contribution < -0.4 is 0 Å². The normalized spacial score (nSPS) is 18.6. The Kier molecular flexibility index (Phi) is 3.29. The fraction of sp³-hybridized carbons (Fsp3) is 0.250. The van der Waals surface area contributed by atoms with Gasteiger partial charge in [0.25, 0.3) is 0 Å². The molecule has 0 fully saturated rings. The van der Waals surface area contributed by atoms with Gasteiger partial charge in [0, 0.05) is 10.6 Å². The number of benzene rings is 2. The van der Waals surface area contributed by atoms with E-state index in [2.05, 4.69) is 12.1 Å². The van der Waals surface area contributed by atoms with E-state index in [1.807, 2.05) is 12.1 Å². The lowest BCUT2D eigenvalue weighted by Gasteiger charge is -2.31. The van der Waals surface area contributed by atoms with Crippen LogP contribution in [-0.4, -0.2) is 5.11 Å². The van der Waals surface area contributed by atoms with E-state index in [9.17, 15) is 9.50 Å². The van der Waals surface area contributed by atoms with Crippen molar-refractivity contribution in [2.75, 3.05) is 0 Å². The zero-order valence-corrected chi connectivity index (χ0v) is 11.1. The molecule has 0 aromatic heterocycles. The quantitative estimate of drug-likeness (QED) is 0.889. The molecule has 0 radical (unpaired) electrons. The summed E-state index contributed by atoms with van der Waals surface area (Å²) in [6.07, 6.45) is 0.681. The van der Waals surface area contributed by atoms with Gasteiger partial charge >= 0.3 is 0 Å². The fourth-order valence-corrected chi connectivity index (χ4v) is 2.92. The Bertz CT molecular complexity index is 611. The predicted octanol–water partition coefficient (Wildman–Crippen LogP) is 4.24. The van der Waals surface area contributed by atoms with Crippen LogP contribution in [0, 0.1) is 5.82 Å². The molecule has 0 spiro atoms. The van der Waals surface area contributed by atoms with Crippen LogP contribution in [0.1, 0.15) is 35.1 Å². The molecule has 0 aliphatic heterocycles. The average molecular weight is 277 g/mol. The van der Waals surface area contributed by atoms with Crippen LogP contribution in [0.4, 0.5) is 4.39 Å². The van der Waals surface area contributed by atoms with Crippen LogP contribution in [0.2, 0.25) is 5.02 Å². The van der Waals surface area contributed by atoms with Crippen molar-refractivity contribution in [3.8, 4) is 0 Å². The molecule has 0 heterocycles. The molecule has 3 heteroatoms. The van der Waals surface area contributed by atoms with E-state index in [-0.39, 0.29) is 5.56 Å². The number of hydrogen-bond acceptors (Lipinski definition) is 1. The van der Waals surface area contributed by atoms with Gasteiger partial charge in [-0.05, 0) is 48.1 Å². The molecule has 2 atom stereocenters. The van der Waals surface area contributed by atoms with E-state index < -0.39 is 11.9 Å². The van der Waals surface area contributed by atoms with Crippen molar-refractivity contribution in [1.82, 2.24) is 0 Å². The van der Waals surface area contributed by atoms with E-state index in [1.54, 1.807) is 0 Å². The highest BCUT2D eigenvalue weighted by Gasteiger charge is 2.28. The van der Waals surface area contributed by atoms with Gasteiger partial charge in [-0.1, -0.05) is 35.9 Å². The summed E-state index contributed by atoms with van der Waals surface area (Å²) in [4.78, 5) is 0. The number of aliphatic hydroxyl groups is 1. The van der Waals surface area contributed by atoms with Gasteiger partial charge in [0.2, 0.25) is 0 Å². The largest absolute Gasteiger partial charge is 0.388 e. The smallest absolute Gasteiger partial charge is 0.129 e. The average Bonchev–Trinajstić information content (AvgIpc) is 2.38. The molecule has 1 aliphatic carbocycles. The Labute approximate surface area is 116 Å². The Morgan fingerprint density at radius 3 is 2.84 bits per heavy atom. The second-order valence-corrected chi connectivity index (χ2v) is 5.45. The van der Waals surface area contributed by atoms with Gasteiger partial charge in [-0.15, -0.1) is 0 Å². The lowest BCUT2D eigenvalue weighted by atomic mass is 9.74. The molecule has 1 nitrogen and oxygen atoms in total. The first-order chi connectivity index (χ1) is 9.15. The Morgan fingerprint density at radius 1 is 1.26 bits per heavy atom. The first kappa shape index (κ1) is 12.6. The molecule has 2 aromatic carbocycles. The molecule has 0 saturated heterocycles. The van der Waals surface area contributed by atoms with E-state index in [0.29, 0.717) is 17.4 Å². The van der Waals surface area contributed by atoms with Gasteiger partial charge in [-0.25, -0.2) is 4.39 Å². The minimum absolute atomic E-state index is 0.289. The van der Waals surface area contributed by atoms with Crippen molar-refractivity contribution in [2.45, 2.75) is 24.9 Å².